The number of esters is 1. The van der Waals surface area contributed by atoms with Crippen molar-refractivity contribution in [1.82, 2.24) is 4.90 Å². The smallest absolute Gasteiger partial charge is 0.325 e. The Hall–Kier alpha value is -2.04. The van der Waals surface area contributed by atoms with Crippen LogP contribution >= 0.6 is 0 Å². The standard InChI is InChI=1S/C16H24N2O3/c1-4-11-17-14-10-8-7-9-13(14)16(20)18(5-2)12-15(19)21-6-3/h7-10,17H,4-6,11-12H2,1-3H3. The Bertz CT molecular complexity index is 474. The quantitative estimate of drug-likeness (QED) is 0.748. The summed E-state index contributed by atoms with van der Waals surface area (Å²) in [5, 5.41) is 3.24. The minimum Gasteiger partial charge on any atom is -0.465 e. The molecule has 0 saturated carbocycles. The number of likely N-dealkylation sites (N-methyl/N-ethyl adjacent to an activating group) is 1. The highest BCUT2D eigenvalue weighted by atomic mass is 16.5. The van der Waals surface area contributed by atoms with E-state index in [1.165, 1.54) is 4.90 Å². The number of amides is 1. The lowest BCUT2D eigenvalue weighted by Crippen LogP contribution is -2.36. The topological polar surface area (TPSA) is 58.6 Å². The van der Waals surface area contributed by atoms with Gasteiger partial charge >= 0.3 is 5.97 Å². The number of carbonyl (C=O) groups excluding carboxylic acids is 2. The van der Waals surface area contributed by atoms with Gasteiger partial charge in [-0.3, -0.25) is 9.59 Å². The third kappa shape index (κ3) is 5.10. The molecule has 0 bridgehead atoms. The molecule has 116 valence electrons. The zero-order valence-corrected chi connectivity index (χ0v) is 13.0. The molecule has 0 atom stereocenters. The van der Waals surface area contributed by atoms with Gasteiger partial charge in [0.1, 0.15) is 6.54 Å². The van der Waals surface area contributed by atoms with E-state index in [0.29, 0.717) is 18.7 Å². The lowest BCUT2D eigenvalue weighted by Gasteiger charge is -2.21. The summed E-state index contributed by atoms with van der Waals surface area (Å²) in [6.07, 6.45) is 0.975. The van der Waals surface area contributed by atoms with Crippen LogP contribution in [0.25, 0.3) is 0 Å². The van der Waals surface area contributed by atoms with Gasteiger partial charge in [0.2, 0.25) is 0 Å². The van der Waals surface area contributed by atoms with Crippen LogP contribution in [-0.2, 0) is 9.53 Å². The minimum absolute atomic E-state index is 0.0225. The Kier molecular flexibility index (Phi) is 7.29. The number of para-hydroxylation sites is 1. The first kappa shape index (κ1) is 17.0. The molecule has 1 aromatic rings. The van der Waals surface area contributed by atoms with Gasteiger partial charge in [0.05, 0.1) is 12.2 Å². The van der Waals surface area contributed by atoms with Crippen LogP contribution in [0.1, 0.15) is 37.6 Å². The van der Waals surface area contributed by atoms with Crippen LogP contribution in [0.4, 0.5) is 5.69 Å². The number of nitrogens with one attached hydrogen (secondary N) is 1. The van der Waals surface area contributed by atoms with E-state index in [1.807, 2.05) is 25.1 Å². The van der Waals surface area contributed by atoms with E-state index in [4.69, 9.17) is 4.74 Å². The summed E-state index contributed by atoms with van der Waals surface area (Å²) in [6, 6.07) is 7.36. The first-order valence-corrected chi connectivity index (χ1v) is 7.41. The maximum atomic E-state index is 12.6. The number of hydrogen-bond acceptors (Lipinski definition) is 4. The van der Waals surface area contributed by atoms with E-state index in [1.54, 1.807) is 13.0 Å². The molecular formula is C16H24N2O3. The fourth-order valence-electron chi connectivity index (χ4n) is 1.94. The molecule has 0 aliphatic heterocycles. The number of rotatable bonds is 8. The van der Waals surface area contributed by atoms with Crippen LogP contribution in [-0.4, -0.2) is 43.0 Å². The lowest BCUT2D eigenvalue weighted by molar-refractivity contribution is -0.143. The highest BCUT2D eigenvalue weighted by Crippen LogP contribution is 2.17. The molecule has 5 heteroatoms. The third-order valence-electron chi connectivity index (χ3n) is 3.02. The van der Waals surface area contributed by atoms with Crippen molar-refractivity contribution in [3.63, 3.8) is 0 Å². The molecule has 0 spiro atoms. The summed E-state index contributed by atoms with van der Waals surface area (Å²) in [5.74, 6) is -0.545. The molecule has 1 N–H and O–H groups in total. The molecule has 0 aliphatic carbocycles. The van der Waals surface area contributed by atoms with Gasteiger partial charge in [0.25, 0.3) is 5.91 Å². The Morgan fingerprint density at radius 3 is 2.52 bits per heavy atom. The molecule has 1 aromatic carbocycles. The Morgan fingerprint density at radius 1 is 1.19 bits per heavy atom. The molecular weight excluding hydrogens is 268 g/mol. The van der Waals surface area contributed by atoms with Gasteiger partial charge in [0.15, 0.2) is 0 Å². The van der Waals surface area contributed by atoms with Crippen molar-refractivity contribution >= 4 is 17.6 Å². The fraction of sp³-hybridized carbons (Fsp3) is 0.500. The van der Waals surface area contributed by atoms with Gasteiger partial charge in [-0.25, -0.2) is 0 Å². The van der Waals surface area contributed by atoms with Crippen LogP contribution in [0, 0.1) is 0 Å². The van der Waals surface area contributed by atoms with Crippen molar-refractivity contribution in [2.75, 3.05) is 31.6 Å². The summed E-state index contributed by atoms with van der Waals surface area (Å²) >= 11 is 0. The average molecular weight is 292 g/mol. The molecule has 0 heterocycles. The summed E-state index contributed by atoms with van der Waals surface area (Å²) in [7, 11) is 0. The minimum atomic E-state index is -0.383. The summed E-state index contributed by atoms with van der Waals surface area (Å²) < 4.78 is 4.91. The molecule has 0 radical (unpaired) electrons. The van der Waals surface area contributed by atoms with E-state index < -0.39 is 0 Å². The third-order valence-corrected chi connectivity index (χ3v) is 3.02. The number of ether oxygens (including phenoxy) is 1. The van der Waals surface area contributed by atoms with Gasteiger partial charge in [0, 0.05) is 18.8 Å². The number of hydrogen-bond donors (Lipinski definition) is 1. The van der Waals surface area contributed by atoms with Crippen LogP contribution in [0.15, 0.2) is 24.3 Å². The predicted molar refractivity (Wildman–Crippen MR) is 83.4 cm³/mol. The van der Waals surface area contributed by atoms with Gasteiger partial charge < -0.3 is 15.0 Å². The van der Waals surface area contributed by atoms with Crippen LogP contribution in [0.5, 0.6) is 0 Å². The second-order valence-corrected chi connectivity index (χ2v) is 4.60. The normalized spacial score (nSPS) is 10.0. The van der Waals surface area contributed by atoms with Crippen molar-refractivity contribution in [1.29, 1.82) is 0 Å². The molecule has 21 heavy (non-hydrogen) atoms. The maximum absolute atomic E-state index is 12.6. The second kappa shape index (κ2) is 9.00. The highest BCUT2D eigenvalue weighted by Gasteiger charge is 2.20. The summed E-state index contributed by atoms with van der Waals surface area (Å²) in [6.45, 7) is 7.22. The summed E-state index contributed by atoms with van der Waals surface area (Å²) in [4.78, 5) is 25.6. The van der Waals surface area contributed by atoms with E-state index in [0.717, 1.165) is 18.7 Å². The van der Waals surface area contributed by atoms with Crippen molar-refractivity contribution < 1.29 is 14.3 Å². The highest BCUT2D eigenvalue weighted by molar-refractivity contribution is 6.00. The zero-order valence-electron chi connectivity index (χ0n) is 13.0. The van der Waals surface area contributed by atoms with Crippen molar-refractivity contribution in [2.24, 2.45) is 0 Å². The Morgan fingerprint density at radius 2 is 1.90 bits per heavy atom. The first-order chi connectivity index (χ1) is 10.1. The number of nitrogens with zero attached hydrogens (tertiary/aromatic N) is 1. The molecule has 0 saturated heterocycles. The molecule has 0 unspecified atom stereocenters. The molecule has 0 aromatic heterocycles. The van der Waals surface area contributed by atoms with Gasteiger partial charge in [-0.05, 0) is 32.4 Å². The zero-order chi connectivity index (χ0) is 15.7. The van der Waals surface area contributed by atoms with Crippen molar-refractivity contribution in [3.05, 3.63) is 29.8 Å². The number of carbonyl (C=O) groups is 2. The fourth-order valence-corrected chi connectivity index (χ4v) is 1.94. The summed E-state index contributed by atoms with van der Waals surface area (Å²) in [5.41, 5.74) is 1.38. The first-order valence-electron chi connectivity index (χ1n) is 7.41. The number of benzene rings is 1. The Balaban J connectivity index is 2.86. The Labute approximate surface area is 126 Å². The van der Waals surface area contributed by atoms with E-state index >= 15 is 0 Å². The van der Waals surface area contributed by atoms with E-state index in [-0.39, 0.29) is 18.4 Å². The molecule has 1 rings (SSSR count). The molecule has 5 nitrogen and oxygen atoms in total. The second-order valence-electron chi connectivity index (χ2n) is 4.60. The maximum Gasteiger partial charge on any atom is 0.325 e. The van der Waals surface area contributed by atoms with Gasteiger partial charge in [-0.1, -0.05) is 19.1 Å². The van der Waals surface area contributed by atoms with Crippen LogP contribution in [0.2, 0.25) is 0 Å². The van der Waals surface area contributed by atoms with Crippen molar-refractivity contribution in [2.45, 2.75) is 27.2 Å². The number of anilines is 1. The monoisotopic (exact) mass is 292 g/mol. The van der Waals surface area contributed by atoms with Crippen LogP contribution in [0.3, 0.4) is 0 Å². The molecule has 0 aliphatic rings. The van der Waals surface area contributed by atoms with Crippen molar-refractivity contribution in [3.8, 4) is 0 Å². The lowest BCUT2D eigenvalue weighted by atomic mass is 10.1. The average Bonchev–Trinajstić information content (AvgIpc) is 2.50. The van der Waals surface area contributed by atoms with Gasteiger partial charge in [-0.2, -0.15) is 0 Å². The SMILES string of the molecule is CCCNc1ccccc1C(=O)N(CC)CC(=O)OCC. The van der Waals surface area contributed by atoms with Gasteiger partial charge in [-0.15, -0.1) is 0 Å². The van der Waals surface area contributed by atoms with E-state index in [9.17, 15) is 9.59 Å². The molecule has 0 fully saturated rings. The molecule has 1 amide bonds. The predicted octanol–water partition coefficient (Wildman–Crippen LogP) is 2.53. The van der Waals surface area contributed by atoms with Crippen LogP contribution < -0.4 is 5.32 Å². The largest absolute Gasteiger partial charge is 0.465 e. The van der Waals surface area contributed by atoms with E-state index in [2.05, 4.69) is 12.2 Å².